The molecule has 1 saturated heterocycles. The van der Waals surface area contributed by atoms with E-state index in [0.29, 0.717) is 13.1 Å². The number of nitrogens with zero attached hydrogens (tertiary/aromatic N) is 3. The van der Waals surface area contributed by atoms with E-state index in [-0.39, 0.29) is 11.5 Å². The van der Waals surface area contributed by atoms with E-state index in [2.05, 4.69) is 10.2 Å². The van der Waals surface area contributed by atoms with E-state index < -0.39 is 0 Å². The SMILES string of the molecule is CN/C=C(/C#N)C(=O)N1CCN(C)CC1. The third-order valence-electron chi connectivity index (χ3n) is 2.43. The highest BCUT2D eigenvalue weighted by Crippen LogP contribution is 2.04. The van der Waals surface area contributed by atoms with Crippen molar-refractivity contribution in [3.63, 3.8) is 0 Å². The molecule has 0 bridgehead atoms. The summed E-state index contributed by atoms with van der Waals surface area (Å²) < 4.78 is 0. The Morgan fingerprint density at radius 2 is 2.00 bits per heavy atom. The first kappa shape index (κ1) is 11.5. The molecular formula is C10H16N4O. The zero-order valence-electron chi connectivity index (χ0n) is 9.16. The van der Waals surface area contributed by atoms with Gasteiger partial charge in [-0.2, -0.15) is 5.26 Å². The highest BCUT2D eigenvalue weighted by atomic mass is 16.2. The third-order valence-corrected chi connectivity index (χ3v) is 2.43. The summed E-state index contributed by atoms with van der Waals surface area (Å²) in [6.45, 7) is 3.12. The summed E-state index contributed by atoms with van der Waals surface area (Å²) in [5, 5.41) is 11.5. The van der Waals surface area contributed by atoms with Crippen molar-refractivity contribution in [2.24, 2.45) is 0 Å². The lowest BCUT2D eigenvalue weighted by atomic mass is 10.2. The van der Waals surface area contributed by atoms with Crippen molar-refractivity contribution in [2.45, 2.75) is 0 Å². The standard InChI is InChI=1S/C10H16N4O/c1-12-8-9(7-11)10(15)14-5-3-13(2)4-6-14/h8,12H,3-6H2,1-2H3/b9-8-. The van der Waals surface area contributed by atoms with Crippen LogP contribution in [0.5, 0.6) is 0 Å². The summed E-state index contributed by atoms with van der Waals surface area (Å²) in [7, 11) is 3.70. The first-order valence-electron chi connectivity index (χ1n) is 4.94. The van der Waals surface area contributed by atoms with E-state index in [1.54, 1.807) is 11.9 Å². The van der Waals surface area contributed by atoms with Crippen LogP contribution in [0.25, 0.3) is 0 Å². The van der Waals surface area contributed by atoms with Crippen molar-refractivity contribution in [1.29, 1.82) is 5.26 Å². The molecule has 1 fully saturated rings. The van der Waals surface area contributed by atoms with Crippen LogP contribution in [0.4, 0.5) is 0 Å². The Kier molecular flexibility index (Phi) is 4.13. The fourth-order valence-electron chi connectivity index (χ4n) is 1.47. The smallest absolute Gasteiger partial charge is 0.266 e. The van der Waals surface area contributed by atoms with Crippen LogP contribution in [-0.2, 0) is 4.79 Å². The Labute approximate surface area is 90.0 Å². The Morgan fingerprint density at radius 3 is 2.47 bits per heavy atom. The molecule has 15 heavy (non-hydrogen) atoms. The molecule has 1 aliphatic rings. The highest BCUT2D eigenvalue weighted by Gasteiger charge is 2.21. The van der Waals surface area contributed by atoms with E-state index in [4.69, 9.17) is 5.26 Å². The Balaban J connectivity index is 2.61. The monoisotopic (exact) mass is 208 g/mol. The molecular weight excluding hydrogens is 192 g/mol. The number of hydrogen-bond donors (Lipinski definition) is 1. The number of rotatable bonds is 2. The molecule has 82 valence electrons. The van der Waals surface area contributed by atoms with E-state index in [0.717, 1.165) is 13.1 Å². The van der Waals surface area contributed by atoms with Crippen LogP contribution < -0.4 is 5.32 Å². The van der Waals surface area contributed by atoms with E-state index in [1.807, 2.05) is 13.1 Å². The zero-order chi connectivity index (χ0) is 11.3. The second-order valence-electron chi connectivity index (χ2n) is 3.55. The summed E-state index contributed by atoms with van der Waals surface area (Å²) in [6.07, 6.45) is 1.45. The maximum atomic E-state index is 11.8. The maximum Gasteiger partial charge on any atom is 0.266 e. The van der Waals surface area contributed by atoms with E-state index in [9.17, 15) is 4.79 Å². The zero-order valence-corrected chi connectivity index (χ0v) is 9.16. The first-order chi connectivity index (χ1) is 7.19. The summed E-state index contributed by atoms with van der Waals surface area (Å²) in [4.78, 5) is 15.7. The minimum Gasteiger partial charge on any atom is -0.393 e. The predicted molar refractivity (Wildman–Crippen MR) is 56.8 cm³/mol. The number of piperazine rings is 1. The lowest BCUT2D eigenvalue weighted by Gasteiger charge is -2.32. The van der Waals surface area contributed by atoms with Gasteiger partial charge >= 0.3 is 0 Å². The van der Waals surface area contributed by atoms with Gasteiger partial charge in [-0.15, -0.1) is 0 Å². The number of nitriles is 1. The van der Waals surface area contributed by atoms with Crippen molar-refractivity contribution in [3.05, 3.63) is 11.8 Å². The largest absolute Gasteiger partial charge is 0.393 e. The van der Waals surface area contributed by atoms with Crippen molar-refractivity contribution >= 4 is 5.91 Å². The normalized spacial score (nSPS) is 18.5. The van der Waals surface area contributed by atoms with Crippen LogP contribution in [0.15, 0.2) is 11.8 Å². The maximum absolute atomic E-state index is 11.8. The summed E-state index contributed by atoms with van der Waals surface area (Å²) in [5.74, 6) is -0.181. The van der Waals surface area contributed by atoms with Gasteiger partial charge in [0.25, 0.3) is 5.91 Å². The van der Waals surface area contributed by atoms with Gasteiger partial charge in [0, 0.05) is 39.4 Å². The molecule has 0 spiro atoms. The highest BCUT2D eigenvalue weighted by molar-refractivity contribution is 5.97. The minimum atomic E-state index is -0.181. The second kappa shape index (κ2) is 5.37. The Morgan fingerprint density at radius 1 is 1.40 bits per heavy atom. The van der Waals surface area contributed by atoms with Gasteiger partial charge in [-0.25, -0.2) is 0 Å². The van der Waals surface area contributed by atoms with E-state index in [1.165, 1.54) is 6.20 Å². The van der Waals surface area contributed by atoms with Crippen LogP contribution in [0.3, 0.4) is 0 Å². The summed E-state index contributed by atoms with van der Waals surface area (Å²) >= 11 is 0. The molecule has 0 radical (unpaired) electrons. The molecule has 1 rings (SSSR count). The van der Waals surface area contributed by atoms with Crippen molar-refractivity contribution in [1.82, 2.24) is 15.1 Å². The van der Waals surface area contributed by atoms with Gasteiger partial charge in [0.1, 0.15) is 11.6 Å². The van der Waals surface area contributed by atoms with Gasteiger partial charge in [0.05, 0.1) is 0 Å². The number of amides is 1. The molecule has 0 unspecified atom stereocenters. The van der Waals surface area contributed by atoms with Gasteiger partial charge < -0.3 is 15.1 Å². The van der Waals surface area contributed by atoms with Crippen LogP contribution in [0.2, 0.25) is 0 Å². The lowest BCUT2D eigenvalue weighted by Crippen LogP contribution is -2.47. The molecule has 1 N–H and O–H groups in total. The summed E-state index contributed by atoms with van der Waals surface area (Å²) in [6, 6.07) is 1.91. The number of carbonyl (C=O) groups is 1. The summed E-state index contributed by atoms with van der Waals surface area (Å²) in [5.41, 5.74) is 0.169. The molecule has 0 saturated carbocycles. The molecule has 1 aliphatic heterocycles. The van der Waals surface area contributed by atoms with Crippen LogP contribution in [0.1, 0.15) is 0 Å². The van der Waals surface area contributed by atoms with Crippen LogP contribution >= 0.6 is 0 Å². The predicted octanol–water partition coefficient (Wildman–Crippen LogP) is -0.613. The fourth-order valence-corrected chi connectivity index (χ4v) is 1.47. The second-order valence-corrected chi connectivity index (χ2v) is 3.55. The number of likely N-dealkylation sites (N-methyl/N-ethyl adjacent to an activating group) is 1. The van der Waals surface area contributed by atoms with E-state index >= 15 is 0 Å². The Bertz CT molecular complexity index is 297. The van der Waals surface area contributed by atoms with Crippen molar-refractivity contribution < 1.29 is 4.79 Å². The first-order valence-corrected chi connectivity index (χ1v) is 4.94. The molecule has 5 nitrogen and oxygen atoms in total. The third kappa shape index (κ3) is 2.96. The molecule has 0 aliphatic carbocycles. The average Bonchev–Trinajstić information content (AvgIpc) is 2.26. The van der Waals surface area contributed by atoms with Gasteiger partial charge in [0.15, 0.2) is 0 Å². The quantitative estimate of drug-likeness (QED) is 0.486. The fraction of sp³-hybridized carbons (Fsp3) is 0.600. The number of hydrogen-bond acceptors (Lipinski definition) is 4. The van der Waals surface area contributed by atoms with Crippen molar-refractivity contribution in [2.75, 3.05) is 40.3 Å². The molecule has 5 heteroatoms. The molecule has 1 heterocycles. The van der Waals surface area contributed by atoms with Gasteiger partial charge in [-0.05, 0) is 7.05 Å². The van der Waals surface area contributed by atoms with Crippen LogP contribution in [0, 0.1) is 11.3 Å². The molecule has 0 aromatic heterocycles. The average molecular weight is 208 g/mol. The Hall–Kier alpha value is -1.54. The lowest BCUT2D eigenvalue weighted by molar-refractivity contribution is -0.128. The molecule has 0 atom stereocenters. The molecule has 1 amide bonds. The molecule has 0 aromatic rings. The van der Waals surface area contributed by atoms with Crippen LogP contribution in [-0.4, -0.2) is 56.0 Å². The molecule has 0 aromatic carbocycles. The number of carbonyl (C=O) groups excluding carboxylic acids is 1. The minimum absolute atomic E-state index is 0.169. The topological polar surface area (TPSA) is 59.4 Å². The van der Waals surface area contributed by atoms with Crippen molar-refractivity contribution in [3.8, 4) is 6.07 Å². The van der Waals surface area contributed by atoms with Gasteiger partial charge in [-0.1, -0.05) is 0 Å². The van der Waals surface area contributed by atoms with Gasteiger partial charge in [-0.3, -0.25) is 4.79 Å². The number of nitrogens with one attached hydrogen (secondary N) is 1. The van der Waals surface area contributed by atoms with Gasteiger partial charge in [0.2, 0.25) is 0 Å².